The van der Waals surface area contributed by atoms with Crippen LogP contribution in [0.5, 0.6) is 0 Å². The monoisotopic (exact) mass is 241 g/mol. The molecule has 0 heterocycles. The highest BCUT2D eigenvalue weighted by Gasteiger charge is 2.40. The van der Waals surface area contributed by atoms with Gasteiger partial charge in [0.1, 0.15) is 0 Å². The van der Waals surface area contributed by atoms with E-state index in [1.54, 1.807) is 0 Å². The maximum atomic E-state index is 12.0. The number of carboxylic acids is 1. The summed E-state index contributed by atoms with van der Waals surface area (Å²) in [6.45, 7) is 6.81. The average molecular weight is 241 g/mol. The predicted octanol–water partition coefficient (Wildman–Crippen LogP) is 1.90. The zero-order chi connectivity index (χ0) is 13.0. The summed E-state index contributed by atoms with van der Waals surface area (Å²) in [7, 11) is 0. The molecule has 0 aromatic heterocycles. The molecule has 1 saturated carbocycles. The molecule has 0 spiro atoms. The lowest BCUT2D eigenvalue weighted by molar-refractivity contribution is -0.146. The van der Waals surface area contributed by atoms with Crippen molar-refractivity contribution in [3.8, 4) is 0 Å². The first-order valence-electron chi connectivity index (χ1n) is 6.46. The smallest absolute Gasteiger partial charge is 0.307 e. The van der Waals surface area contributed by atoms with Crippen molar-refractivity contribution in [3.05, 3.63) is 0 Å². The van der Waals surface area contributed by atoms with Crippen LogP contribution in [0.25, 0.3) is 0 Å². The fourth-order valence-electron chi connectivity index (χ4n) is 2.40. The first-order chi connectivity index (χ1) is 7.95. The van der Waals surface area contributed by atoms with Crippen molar-refractivity contribution in [3.63, 3.8) is 0 Å². The number of nitrogens with one attached hydrogen (secondary N) is 1. The second-order valence-corrected chi connectivity index (χ2v) is 5.39. The zero-order valence-corrected chi connectivity index (χ0v) is 10.9. The maximum absolute atomic E-state index is 12.0. The Morgan fingerprint density at radius 1 is 1.35 bits per heavy atom. The van der Waals surface area contributed by atoms with Crippen molar-refractivity contribution in [2.75, 3.05) is 6.54 Å². The number of amides is 1. The number of hydrogen-bond donors (Lipinski definition) is 2. The van der Waals surface area contributed by atoms with Crippen LogP contribution < -0.4 is 5.32 Å². The van der Waals surface area contributed by atoms with Crippen LogP contribution in [0, 0.1) is 23.7 Å². The highest BCUT2D eigenvalue weighted by Crippen LogP contribution is 2.36. The minimum absolute atomic E-state index is 0.0814. The Labute approximate surface area is 103 Å². The van der Waals surface area contributed by atoms with E-state index in [-0.39, 0.29) is 11.8 Å². The molecule has 2 unspecified atom stereocenters. The maximum Gasteiger partial charge on any atom is 0.307 e. The van der Waals surface area contributed by atoms with Crippen molar-refractivity contribution < 1.29 is 14.7 Å². The molecule has 17 heavy (non-hydrogen) atoms. The first kappa shape index (κ1) is 14.0. The Morgan fingerprint density at radius 2 is 1.94 bits per heavy atom. The molecule has 0 aliphatic heterocycles. The zero-order valence-electron chi connectivity index (χ0n) is 10.9. The second-order valence-electron chi connectivity index (χ2n) is 5.39. The van der Waals surface area contributed by atoms with Gasteiger partial charge in [-0.3, -0.25) is 9.59 Å². The lowest BCUT2D eigenvalue weighted by atomic mass is 9.95. The van der Waals surface area contributed by atoms with Gasteiger partial charge in [0.15, 0.2) is 0 Å². The van der Waals surface area contributed by atoms with E-state index >= 15 is 0 Å². The van der Waals surface area contributed by atoms with E-state index in [2.05, 4.69) is 19.2 Å². The van der Waals surface area contributed by atoms with Gasteiger partial charge in [-0.15, -0.1) is 0 Å². The molecule has 2 N–H and O–H groups in total. The SMILES string of the molecule is CCC(C)CNC(=O)[C@H]1CC(C)C[C@H]1C(=O)O. The number of hydrogen-bond acceptors (Lipinski definition) is 2. The first-order valence-corrected chi connectivity index (χ1v) is 6.46. The van der Waals surface area contributed by atoms with Crippen LogP contribution in [0.2, 0.25) is 0 Å². The molecule has 0 radical (unpaired) electrons. The highest BCUT2D eigenvalue weighted by molar-refractivity contribution is 5.85. The summed E-state index contributed by atoms with van der Waals surface area (Å²) in [4.78, 5) is 23.0. The number of carbonyl (C=O) groups excluding carboxylic acids is 1. The number of carbonyl (C=O) groups is 2. The molecule has 1 fully saturated rings. The average Bonchev–Trinajstić information content (AvgIpc) is 2.67. The number of carboxylic acid groups (broad SMARTS) is 1. The molecule has 1 amide bonds. The predicted molar refractivity (Wildman–Crippen MR) is 65.5 cm³/mol. The van der Waals surface area contributed by atoms with Crippen molar-refractivity contribution in [2.24, 2.45) is 23.7 Å². The van der Waals surface area contributed by atoms with Crippen LogP contribution in [-0.4, -0.2) is 23.5 Å². The molecule has 4 atom stereocenters. The summed E-state index contributed by atoms with van der Waals surface area (Å²) in [6, 6.07) is 0. The van der Waals surface area contributed by atoms with Crippen molar-refractivity contribution in [2.45, 2.75) is 40.0 Å². The Bertz CT molecular complexity index is 290. The van der Waals surface area contributed by atoms with Gasteiger partial charge < -0.3 is 10.4 Å². The van der Waals surface area contributed by atoms with Gasteiger partial charge in [-0.1, -0.05) is 27.2 Å². The van der Waals surface area contributed by atoms with E-state index in [1.807, 2.05) is 6.92 Å². The van der Waals surface area contributed by atoms with E-state index in [0.717, 1.165) is 6.42 Å². The molecule has 1 rings (SSSR count). The van der Waals surface area contributed by atoms with Crippen molar-refractivity contribution in [1.29, 1.82) is 0 Å². The quantitative estimate of drug-likeness (QED) is 0.772. The fourth-order valence-corrected chi connectivity index (χ4v) is 2.40. The fraction of sp³-hybridized carbons (Fsp3) is 0.846. The van der Waals surface area contributed by atoms with E-state index in [4.69, 9.17) is 5.11 Å². The van der Waals surface area contributed by atoms with Gasteiger partial charge in [0.05, 0.1) is 11.8 Å². The molecule has 0 bridgehead atoms. The van der Waals surface area contributed by atoms with Gasteiger partial charge in [0, 0.05) is 6.54 Å². The van der Waals surface area contributed by atoms with Crippen molar-refractivity contribution >= 4 is 11.9 Å². The lowest BCUT2D eigenvalue weighted by Crippen LogP contribution is -2.37. The minimum Gasteiger partial charge on any atom is -0.481 e. The highest BCUT2D eigenvalue weighted by atomic mass is 16.4. The van der Waals surface area contributed by atoms with Gasteiger partial charge in [0.25, 0.3) is 0 Å². The molecule has 1 aliphatic rings. The summed E-state index contributed by atoms with van der Waals surface area (Å²) >= 11 is 0. The van der Waals surface area contributed by atoms with Gasteiger partial charge >= 0.3 is 5.97 Å². The topological polar surface area (TPSA) is 66.4 Å². The number of rotatable bonds is 5. The molecule has 0 aromatic rings. The Morgan fingerprint density at radius 3 is 2.47 bits per heavy atom. The summed E-state index contributed by atoms with van der Waals surface area (Å²) < 4.78 is 0. The van der Waals surface area contributed by atoms with Crippen molar-refractivity contribution in [1.82, 2.24) is 5.32 Å². The normalized spacial score (nSPS) is 29.9. The Balaban J connectivity index is 2.52. The molecule has 98 valence electrons. The van der Waals surface area contributed by atoms with E-state index in [9.17, 15) is 9.59 Å². The number of aliphatic carboxylic acids is 1. The van der Waals surface area contributed by atoms with Gasteiger partial charge in [-0.2, -0.15) is 0 Å². The van der Waals surface area contributed by atoms with E-state index in [1.165, 1.54) is 0 Å². The van der Waals surface area contributed by atoms with Gasteiger partial charge in [0.2, 0.25) is 5.91 Å². The molecule has 0 aromatic carbocycles. The van der Waals surface area contributed by atoms with Crippen LogP contribution >= 0.6 is 0 Å². The van der Waals surface area contributed by atoms with Gasteiger partial charge in [-0.05, 0) is 24.7 Å². The molecule has 4 heteroatoms. The van der Waals surface area contributed by atoms with Crippen LogP contribution in [0.15, 0.2) is 0 Å². The van der Waals surface area contributed by atoms with E-state index < -0.39 is 11.9 Å². The summed E-state index contributed by atoms with van der Waals surface area (Å²) in [5.41, 5.74) is 0. The van der Waals surface area contributed by atoms with E-state index in [0.29, 0.717) is 31.2 Å². The summed E-state index contributed by atoms with van der Waals surface area (Å²) in [5, 5.41) is 12.0. The molecular weight excluding hydrogens is 218 g/mol. The van der Waals surface area contributed by atoms with Crippen LogP contribution in [0.1, 0.15) is 40.0 Å². The third kappa shape index (κ3) is 3.72. The second kappa shape index (κ2) is 6.03. The third-order valence-electron chi connectivity index (χ3n) is 3.77. The molecule has 1 aliphatic carbocycles. The minimum atomic E-state index is -0.835. The Hall–Kier alpha value is -1.06. The van der Waals surface area contributed by atoms with Crippen LogP contribution in [0.4, 0.5) is 0 Å². The molecular formula is C13H23NO3. The van der Waals surface area contributed by atoms with Crippen LogP contribution in [-0.2, 0) is 9.59 Å². The molecule has 0 saturated heterocycles. The largest absolute Gasteiger partial charge is 0.481 e. The lowest BCUT2D eigenvalue weighted by Gasteiger charge is -2.17. The van der Waals surface area contributed by atoms with Crippen LogP contribution in [0.3, 0.4) is 0 Å². The summed E-state index contributed by atoms with van der Waals surface area (Å²) in [6.07, 6.45) is 2.34. The standard InChI is InChI=1S/C13H23NO3/c1-4-8(2)7-14-12(15)10-5-9(3)6-11(10)13(16)17/h8-11H,4-7H2,1-3H3,(H,14,15)(H,16,17)/t8?,9?,10-,11+/m0/s1. The molecule has 4 nitrogen and oxygen atoms in total. The van der Waals surface area contributed by atoms with Gasteiger partial charge in [-0.25, -0.2) is 0 Å². The Kier molecular flexibility index (Phi) is 4.97. The summed E-state index contributed by atoms with van der Waals surface area (Å²) in [5.74, 6) is -0.981. The third-order valence-corrected chi connectivity index (χ3v) is 3.77.